The second-order valence-electron chi connectivity index (χ2n) is 7.62. The highest BCUT2D eigenvalue weighted by Crippen LogP contribution is 2.60. The molecule has 3 aliphatic rings. The molecule has 0 aromatic heterocycles. The highest BCUT2D eigenvalue weighted by molar-refractivity contribution is 5.40. The van der Waals surface area contributed by atoms with Gasteiger partial charge in [-0.1, -0.05) is 13.0 Å². The molecule has 1 aromatic carbocycles. The summed E-state index contributed by atoms with van der Waals surface area (Å²) in [7, 11) is 1.75. The largest absolute Gasteiger partial charge is 0.497 e. The van der Waals surface area contributed by atoms with Crippen LogP contribution in [0.3, 0.4) is 0 Å². The van der Waals surface area contributed by atoms with Crippen LogP contribution in [0.2, 0.25) is 0 Å². The molecule has 0 heterocycles. The third kappa shape index (κ3) is 1.88. The number of rotatable bonds is 1. The molecule has 0 saturated heterocycles. The van der Waals surface area contributed by atoms with E-state index in [-0.39, 0.29) is 11.5 Å². The second-order valence-corrected chi connectivity index (χ2v) is 7.62. The van der Waals surface area contributed by atoms with Gasteiger partial charge in [0.25, 0.3) is 0 Å². The van der Waals surface area contributed by atoms with Gasteiger partial charge >= 0.3 is 0 Å². The first-order chi connectivity index (χ1) is 10.1. The van der Waals surface area contributed by atoms with Crippen LogP contribution in [0.15, 0.2) is 18.2 Å². The summed E-state index contributed by atoms with van der Waals surface area (Å²) in [6.07, 6.45) is 7.07. The molecule has 2 saturated carbocycles. The lowest BCUT2D eigenvalue weighted by Gasteiger charge is -2.50. The molecule has 0 aliphatic heterocycles. The van der Waals surface area contributed by atoms with E-state index in [9.17, 15) is 5.11 Å². The van der Waals surface area contributed by atoms with Crippen LogP contribution in [0, 0.1) is 17.3 Å². The van der Waals surface area contributed by atoms with Crippen molar-refractivity contribution in [3.05, 3.63) is 29.3 Å². The number of ether oxygens (including phenoxy) is 1. The predicted molar refractivity (Wildman–Crippen MR) is 83.6 cm³/mol. The van der Waals surface area contributed by atoms with E-state index >= 15 is 0 Å². The van der Waals surface area contributed by atoms with Gasteiger partial charge < -0.3 is 9.84 Å². The maximum absolute atomic E-state index is 10.4. The van der Waals surface area contributed by atoms with E-state index in [1.54, 1.807) is 12.7 Å². The molecular weight excluding hydrogens is 260 g/mol. The highest BCUT2D eigenvalue weighted by Gasteiger charge is 2.54. The summed E-state index contributed by atoms with van der Waals surface area (Å²) in [5, 5.41) is 10.4. The first kappa shape index (κ1) is 13.6. The normalized spacial score (nSPS) is 41.1. The maximum atomic E-state index is 10.4. The van der Waals surface area contributed by atoms with Crippen LogP contribution in [-0.4, -0.2) is 18.3 Å². The fourth-order valence-corrected chi connectivity index (χ4v) is 5.66. The van der Waals surface area contributed by atoms with Crippen molar-refractivity contribution in [3.8, 4) is 5.75 Å². The van der Waals surface area contributed by atoms with E-state index in [2.05, 4.69) is 25.1 Å². The predicted octanol–water partition coefficient (Wildman–Crippen LogP) is 3.91. The molecule has 21 heavy (non-hydrogen) atoms. The molecule has 0 radical (unpaired) electrons. The molecule has 2 nitrogen and oxygen atoms in total. The number of aliphatic hydroxyl groups is 1. The molecule has 0 bridgehead atoms. The quantitative estimate of drug-likeness (QED) is 0.848. The first-order valence-electron chi connectivity index (χ1n) is 8.48. The minimum atomic E-state index is -0.0688. The lowest BCUT2D eigenvalue weighted by atomic mass is 9.55. The molecule has 0 spiro atoms. The van der Waals surface area contributed by atoms with Crippen molar-refractivity contribution >= 4 is 0 Å². The van der Waals surface area contributed by atoms with Crippen LogP contribution in [0.1, 0.15) is 56.1 Å². The molecule has 0 amide bonds. The van der Waals surface area contributed by atoms with Crippen LogP contribution in [-0.2, 0) is 6.42 Å². The van der Waals surface area contributed by atoms with Crippen molar-refractivity contribution in [2.75, 3.05) is 7.11 Å². The molecule has 2 heteroatoms. The summed E-state index contributed by atoms with van der Waals surface area (Å²) in [6, 6.07) is 6.67. The minimum Gasteiger partial charge on any atom is -0.497 e. The Morgan fingerprint density at radius 1 is 1.19 bits per heavy atom. The first-order valence-corrected chi connectivity index (χ1v) is 8.48. The van der Waals surface area contributed by atoms with Gasteiger partial charge in [-0.15, -0.1) is 0 Å². The second kappa shape index (κ2) is 4.74. The third-order valence-electron chi connectivity index (χ3n) is 6.88. The Morgan fingerprint density at radius 3 is 2.86 bits per heavy atom. The Kier molecular flexibility index (Phi) is 3.08. The number of methoxy groups -OCH3 is 1. The average molecular weight is 286 g/mol. The van der Waals surface area contributed by atoms with E-state index in [0.29, 0.717) is 5.92 Å². The zero-order valence-electron chi connectivity index (χ0n) is 13.1. The van der Waals surface area contributed by atoms with Gasteiger partial charge in [-0.2, -0.15) is 0 Å². The van der Waals surface area contributed by atoms with E-state index in [1.165, 1.54) is 37.7 Å². The van der Waals surface area contributed by atoms with Crippen LogP contribution in [0.4, 0.5) is 0 Å². The van der Waals surface area contributed by atoms with E-state index in [1.807, 2.05) is 0 Å². The molecule has 1 N–H and O–H groups in total. The lowest BCUT2D eigenvalue weighted by molar-refractivity contribution is -0.0226. The van der Waals surface area contributed by atoms with Crippen molar-refractivity contribution in [1.82, 2.24) is 0 Å². The lowest BCUT2D eigenvalue weighted by Crippen LogP contribution is -2.43. The van der Waals surface area contributed by atoms with Crippen LogP contribution < -0.4 is 4.74 Å². The summed E-state index contributed by atoms with van der Waals surface area (Å²) in [5.74, 6) is 3.20. The van der Waals surface area contributed by atoms with Crippen molar-refractivity contribution in [3.63, 3.8) is 0 Å². The molecule has 5 atom stereocenters. The number of benzene rings is 1. The van der Waals surface area contributed by atoms with Crippen molar-refractivity contribution < 1.29 is 9.84 Å². The van der Waals surface area contributed by atoms with Gasteiger partial charge in [0.1, 0.15) is 5.75 Å². The van der Waals surface area contributed by atoms with Gasteiger partial charge in [0.05, 0.1) is 13.2 Å². The SMILES string of the molecule is COc1ccc2c(c1)CC[C@H]1[C@@H]2CC[C@@]2(C)[C@@H]1CC[C@@H]2O. The molecular formula is C19H26O2. The molecule has 2 fully saturated rings. The number of aliphatic hydroxyl groups excluding tert-OH is 1. The molecule has 0 unspecified atom stereocenters. The average Bonchev–Trinajstić information content (AvgIpc) is 2.82. The van der Waals surface area contributed by atoms with E-state index < -0.39 is 0 Å². The van der Waals surface area contributed by atoms with Gasteiger partial charge in [0.15, 0.2) is 0 Å². The zero-order valence-corrected chi connectivity index (χ0v) is 13.1. The van der Waals surface area contributed by atoms with Crippen molar-refractivity contribution in [2.45, 2.75) is 57.5 Å². The topological polar surface area (TPSA) is 29.5 Å². The van der Waals surface area contributed by atoms with Crippen molar-refractivity contribution in [1.29, 1.82) is 0 Å². The number of hydrogen-bond acceptors (Lipinski definition) is 2. The Bertz CT molecular complexity index is 552. The highest BCUT2D eigenvalue weighted by atomic mass is 16.5. The zero-order chi connectivity index (χ0) is 14.6. The summed E-state index contributed by atoms with van der Waals surface area (Å²) < 4.78 is 5.38. The number of hydrogen-bond donors (Lipinski definition) is 1. The summed E-state index contributed by atoms with van der Waals surface area (Å²) >= 11 is 0. The fraction of sp³-hybridized carbons (Fsp3) is 0.684. The van der Waals surface area contributed by atoms with Gasteiger partial charge in [-0.3, -0.25) is 0 Å². The standard InChI is InChI=1S/C19H26O2/c1-19-10-9-15-14-6-4-13(21-2)11-12(14)3-5-16(15)17(19)7-8-18(19)20/h4,6,11,15-18,20H,3,5,7-10H2,1-2H3/t15-,16+,17-,18+,19+/m1/s1. The molecule has 4 rings (SSSR count). The Morgan fingerprint density at radius 2 is 2.05 bits per heavy atom. The van der Waals surface area contributed by atoms with Crippen LogP contribution >= 0.6 is 0 Å². The van der Waals surface area contributed by atoms with Crippen LogP contribution in [0.5, 0.6) is 5.75 Å². The van der Waals surface area contributed by atoms with E-state index in [0.717, 1.165) is 24.0 Å². The Hall–Kier alpha value is -1.02. The van der Waals surface area contributed by atoms with Gasteiger partial charge in [0.2, 0.25) is 0 Å². The molecule has 1 aromatic rings. The Labute approximate surface area is 127 Å². The summed E-state index contributed by atoms with van der Waals surface area (Å²) in [5.41, 5.74) is 3.25. The van der Waals surface area contributed by atoms with E-state index in [4.69, 9.17) is 4.74 Å². The minimum absolute atomic E-state index is 0.0688. The van der Waals surface area contributed by atoms with Gasteiger partial charge in [0, 0.05) is 0 Å². The number of aryl methyl sites for hydroxylation is 1. The summed E-state index contributed by atoms with van der Waals surface area (Å²) in [6.45, 7) is 2.34. The van der Waals surface area contributed by atoms with Crippen LogP contribution in [0.25, 0.3) is 0 Å². The fourth-order valence-electron chi connectivity index (χ4n) is 5.66. The third-order valence-corrected chi connectivity index (χ3v) is 6.88. The van der Waals surface area contributed by atoms with Gasteiger partial charge in [-0.25, -0.2) is 0 Å². The van der Waals surface area contributed by atoms with Gasteiger partial charge in [-0.05, 0) is 85.0 Å². The molecule has 114 valence electrons. The number of fused-ring (bicyclic) bond motifs is 5. The Balaban J connectivity index is 1.68. The molecule has 3 aliphatic carbocycles. The maximum Gasteiger partial charge on any atom is 0.119 e. The monoisotopic (exact) mass is 286 g/mol. The summed E-state index contributed by atoms with van der Waals surface area (Å²) in [4.78, 5) is 0. The smallest absolute Gasteiger partial charge is 0.119 e. The van der Waals surface area contributed by atoms with Crippen molar-refractivity contribution in [2.24, 2.45) is 17.3 Å².